The van der Waals surface area contributed by atoms with Crippen molar-refractivity contribution in [1.82, 2.24) is 15.5 Å². The second-order valence-corrected chi connectivity index (χ2v) is 6.09. The lowest BCUT2D eigenvalue weighted by atomic mass is 10.0. The Morgan fingerprint density at radius 2 is 1.56 bits per heavy atom. The molecule has 1 atom stereocenters. The summed E-state index contributed by atoms with van der Waals surface area (Å²) in [7, 11) is 3.43. The zero-order chi connectivity index (χ0) is 18.1. The Morgan fingerprint density at radius 3 is 2.16 bits per heavy atom. The van der Waals surface area contributed by atoms with Gasteiger partial charge in [-0.2, -0.15) is 0 Å². The summed E-state index contributed by atoms with van der Waals surface area (Å²) >= 11 is 0. The summed E-state index contributed by atoms with van der Waals surface area (Å²) in [6.07, 6.45) is 0.990. The lowest BCUT2D eigenvalue weighted by Gasteiger charge is -2.21. The zero-order valence-corrected chi connectivity index (χ0v) is 14.7. The van der Waals surface area contributed by atoms with E-state index >= 15 is 0 Å². The zero-order valence-electron chi connectivity index (χ0n) is 14.7. The number of carbonyl (C=O) groups is 2. The van der Waals surface area contributed by atoms with Crippen LogP contribution < -0.4 is 10.6 Å². The van der Waals surface area contributed by atoms with Crippen molar-refractivity contribution in [2.45, 2.75) is 18.9 Å². The average molecular weight is 339 g/mol. The maximum Gasteiger partial charge on any atom is 0.315 e. The van der Waals surface area contributed by atoms with Gasteiger partial charge >= 0.3 is 6.03 Å². The maximum atomic E-state index is 12.2. The van der Waals surface area contributed by atoms with Crippen LogP contribution in [0.15, 0.2) is 60.7 Å². The highest BCUT2D eigenvalue weighted by Gasteiger charge is 2.19. The van der Waals surface area contributed by atoms with E-state index in [0.717, 1.165) is 12.0 Å². The van der Waals surface area contributed by atoms with E-state index in [0.29, 0.717) is 6.54 Å². The molecule has 2 rings (SSSR count). The molecule has 0 aliphatic rings. The normalized spacial score (nSPS) is 11.4. The number of amides is 3. The highest BCUT2D eigenvalue weighted by atomic mass is 16.2. The molecule has 0 aliphatic carbocycles. The van der Waals surface area contributed by atoms with E-state index < -0.39 is 0 Å². The topological polar surface area (TPSA) is 61.4 Å². The molecule has 0 spiro atoms. The van der Waals surface area contributed by atoms with Gasteiger partial charge in [0.25, 0.3) is 0 Å². The molecular weight excluding hydrogens is 314 g/mol. The van der Waals surface area contributed by atoms with E-state index in [9.17, 15) is 9.59 Å². The molecule has 0 saturated heterocycles. The van der Waals surface area contributed by atoms with Crippen molar-refractivity contribution in [3.63, 3.8) is 0 Å². The van der Waals surface area contributed by atoms with Gasteiger partial charge in [0.1, 0.15) is 0 Å². The lowest BCUT2D eigenvalue weighted by Crippen LogP contribution is -2.40. The summed E-state index contributed by atoms with van der Waals surface area (Å²) < 4.78 is 0. The van der Waals surface area contributed by atoms with Gasteiger partial charge in [-0.25, -0.2) is 4.79 Å². The van der Waals surface area contributed by atoms with E-state index in [1.54, 1.807) is 14.1 Å². The number of carbonyl (C=O) groups excluding carboxylic acids is 2. The molecule has 0 fully saturated rings. The minimum absolute atomic E-state index is 0.0292. The summed E-state index contributed by atoms with van der Waals surface area (Å²) in [5, 5.41) is 5.77. The molecule has 0 bridgehead atoms. The Labute approximate surface area is 149 Å². The molecule has 0 unspecified atom stereocenters. The summed E-state index contributed by atoms with van der Waals surface area (Å²) in [5.74, 6) is -0.0292. The Hall–Kier alpha value is -2.82. The van der Waals surface area contributed by atoms with Crippen molar-refractivity contribution in [2.75, 3.05) is 20.6 Å². The fourth-order valence-electron chi connectivity index (χ4n) is 2.47. The third-order valence-electron chi connectivity index (χ3n) is 3.93. The van der Waals surface area contributed by atoms with Crippen molar-refractivity contribution in [1.29, 1.82) is 0 Å². The predicted molar refractivity (Wildman–Crippen MR) is 99.2 cm³/mol. The van der Waals surface area contributed by atoms with Gasteiger partial charge in [0.15, 0.2) is 0 Å². The number of hydrogen-bond donors (Lipinski definition) is 2. The van der Waals surface area contributed by atoms with E-state index in [1.807, 2.05) is 60.7 Å². The molecule has 0 radical (unpaired) electrons. The first-order chi connectivity index (χ1) is 12.1. The van der Waals surface area contributed by atoms with Crippen molar-refractivity contribution >= 4 is 11.9 Å². The van der Waals surface area contributed by atoms with Crippen LogP contribution in [0.4, 0.5) is 4.79 Å². The van der Waals surface area contributed by atoms with Gasteiger partial charge in [-0.15, -0.1) is 0 Å². The summed E-state index contributed by atoms with van der Waals surface area (Å²) in [6.45, 7) is 0.541. The largest absolute Gasteiger partial charge is 0.349 e. The Balaban J connectivity index is 1.91. The van der Waals surface area contributed by atoms with Gasteiger partial charge < -0.3 is 15.5 Å². The summed E-state index contributed by atoms with van der Waals surface area (Å²) in [5.41, 5.74) is 2.08. The molecular formula is C20H25N3O2. The molecule has 3 amide bonds. The van der Waals surface area contributed by atoms with Crippen LogP contribution >= 0.6 is 0 Å². The molecule has 0 saturated carbocycles. The third-order valence-corrected chi connectivity index (χ3v) is 3.93. The van der Waals surface area contributed by atoms with Gasteiger partial charge in [-0.05, 0) is 17.5 Å². The molecule has 5 nitrogen and oxygen atoms in total. The van der Waals surface area contributed by atoms with Crippen molar-refractivity contribution < 1.29 is 9.59 Å². The fourth-order valence-corrected chi connectivity index (χ4v) is 2.47. The lowest BCUT2D eigenvalue weighted by molar-refractivity contribution is -0.129. The first-order valence-electron chi connectivity index (χ1n) is 8.39. The standard InChI is InChI=1S/C20H25N3O2/c1-23(2)19(24)15-18(17-11-7-4-8-12-17)22-20(25)21-14-13-16-9-5-3-6-10-16/h3-12,18H,13-15H2,1-2H3,(H2,21,22,25)/t18-/m1/s1. The Kier molecular flexibility index (Phi) is 7.01. The molecule has 0 heterocycles. The quantitative estimate of drug-likeness (QED) is 0.815. The molecule has 2 aromatic carbocycles. The number of rotatable bonds is 7. The maximum absolute atomic E-state index is 12.2. The van der Waals surface area contributed by atoms with E-state index in [4.69, 9.17) is 0 Å². The van der Waals surface area contributed by atoms with Crippen LogP contribution in [0, 0.1) is 0 Å². The fraction of sp³-hybridized carbons (Fsp3) is 0.300. The first kappa shape index (κ1) is 18.5. The SMILES string of the molecule is CN(C)C(=O)C[C@@H](NC(=O)NCCc1ccccc1)c1ccccc1. The first-order valence-corrected chi connectivity index (χ1v) is 8.39. The van der Waals surface area contributed by atoms with Gasteiger partial charge in [-0.1, -0.05) is 60.7 Å². The average Bonchev–Trinajstić information content (AvgIpc) is 2.62. The second-order valence-electron chi connectivity index (χ2n) is 6.09. The van der Waals surface area contributed by atoms with Crippen molar-refractivity contribution in [3.05, 3.63) is 71.8 Å². The van der Waals surface area contributed by atoms with Crippen LogP contribution in [0.3, 0.4) is 0 Å². The molecule has 2 aromatic rings. The van der Waals surface area contributed by atoms with Crippen LogP contribution in [0.25, 0.3) is 0 Å². The Bertz CT molecular complexity index is 672. The summed E-state index contributed by atoms with van der Waals surface area (Å²) in [6, 6.07) is 18.9. The third kappa shape index (κ3) is 6.30. The number of urea groups is 1. The predicted octanol–water partition coefficient (Wildman–Crippen LogP) is 2.75. The molecule has 0 aromatic heterocycles. The highest BCUT2D eigenvalue weighted by molar-refractivity contribution is 5.79. The van der Waals surface area contributed by atoms with Crippen LogP contribution in [-0.4, -0.2) is 37.5 Å². The van der Waals surface area contributed by atoms with Crippen LogP contribution in [0.1, 0.15) is 23.6 Å². The smallest absolute Gasteiger partial charge is 0.315 e. The highest BCUT2D eigenvalue weighted by Crippen LogP contribution is 2.17. The number of hydrogen-bond acceptors (Lipinski definition) is 2. The van der Waals surface area contributed by atoms with Crippen LogP contribution in [0.5, 0.6) is 0 Å². The summed E-state index contributed by atoms with van der Waals surface area (Å²) in [4.78, 5) is 25.8. The second kappa shape index (κ2) is 9.47. The molecule has 0 aliphatic heterocycles. The van der Waals surface area contributed by atoms with E-state index in [-0.39, 0.29) is 24.4 Å². The number of nitrogens with zero attached hydrogens (tertiary/aromatic N) is 1. The van der Waals surface area contributed by atoms with Crippen LogP contribution in [0.2, 0.25) is 0 Å². The monoisotopic (exact) mass is 339 g/mol. The van der Waals surface area contributed by atoms with Gasteiger partial charge in [0.05, 0.1) is 12.5 Å². The van der Waals surface area contributed by atoms with Crippen LogP contribution in [-0.2, 0) is 11.2 Å². The molecule has 2 N–H and O–H groups in total. The Morgan fingerprint density at radius 1 is 0.960 bits per heavy atom. The van der Waals surface area contributed by atoms with E-state index in [1.165, 1.54) is 10.5 Å². The van der Waals surface area contributed by atoms with E-state index in [2.05, 4.69) is 10.6 Å². The molecule has 132 valence electrons. The van der Waals surface area contributed by atoms with Gasteiger partial charge in [0.2, 0.25) is 5.91 Å². The number of nitrogens with one attached hydrogen (secondary N) is 2. The van der Waals surface area contributed by atoms with Crippen molar-refractivity contribution in [2.24, 2.45) is 0 Å². The van der Waals surface area contributed by atoms with Gasteiger partial charge in [0, 0.05) is 20.6 Å². The van der Waals surface area contributed by atoms with Gasteiger partial charge in [-0.3, -0.25) is 4.79 Å². The molecule has 5 heteroatoms. The molecule has 25 heavy (non-hydrogen) atoms. The minimum atomic E-state index is -0.354. The number of benzene rings is 2. The van der Waals surface area contributed by atoms with Crippen molar-refractivity contribution in [3.8, 4) is 0 Å². The minimum Gasteiger partial charge on any atom is -0.349 e.